The average Bonchev–Trinajstić information content (AvgIpc) is 3.01. The van der Waals surface area contributed by atoms with Crippen LogP contribution in [0.15, 0.2) is 23.8 Å². The normalized spacial score (nSPS) is 49.6. The van der Waals surface area contributed by atoms with Crippen LogP contribution in [0.1, 0.15) is 59.3 Å². The molecular formula is C24H36O5. The lowest BCUT2D eigenvalue weighted by atomic mass is 9.48. The lowest BCUT2D eigenvalue weighted by Crippen LogP contribution is -2.56. The summed E-state index contributed by atoms with van der Waals surface area (Å²) in [5, 5.41) is 41.7. The minimum absolute atomic E-state index is 0.0289. The molecule has 0 aromatic carbocycles. The van der Waals surface area contributed by atoms with Gasteiger partial charge in [0, 0.05) is 23.2 Å². The standard InChI is InChI=1S/C24H36O5/c1-13(4-7-21(28)29)16-5-6-17-22-18(12-20(27)24(16,17)3)23(2)9-8-15(25)10-14(23)11-19(22)26/h8-9,12-17,19-20,22,25-27H,4-7,10-11H2,1-3H3,(H,28,29)/t13-,14+,15-,16?,17+,19-,20+,22+,23+,24-/m1/s1. The van der Waals surface area contributed by atoms with E-state index in [1.165, 1.54) is 0 Å². The first-order chi connectivity index (χ1) is 13.6. The summed E-state index contributed by atoms with van der Waals surface area (Å²) in [6.07, 6.45) is 8.54. The van der Waals surface area contributed by atoms with Crippen molar-refractivity contribution in [1.82, 2.24) is 0 Å². The van der Waals surface area contributed by atoms with Crippen LogP contribution in [0.2, 0.25) is 0 Å². The number of carboxylic acids is 1. The Labute approximate surface area is 173 Å². The predicted octanol–water partition coefficient (Wildman–Crippen LogP) is 3.14. The largest absolute Gasteiger partial charge is 0.481 e. The summed E-state index contributed by atoms with van der Waals surface area (Å²) in [6.45, 7) is 6.47. The van der Waals surface area contributed by atoms with Crippen molar-refractivity contribution in [2.45, 2.75) is 77.6 Å². The molecule has 4 aliphatic rings. The molecule has 29 heavy (non-hydrogen) atoms. The molecule has 0 aromatic heterocycles. The first-order valence-electron chi connectivity index (χ1n) is 11.3. The van der Waals surface area contributed by atoms with E-state index in [4.69, 9.17) is 5.11 Å². The van der Waals surface area contributed by atoms with Gasteiger partial charge >= 0.3 is 5.97 Å². The Hall–Kier alpha value is -1.17. The molecule has 5 nitrogen and oxygen atoms in total. The SMILES string of the molecule is C[C@H](CCC(=O)O)C1CC[C@H]2[C@H]3C(=C[C@H](O)[C@]12C)[C@@]1(C)C=C[C@@H](O)C[C@H]1C[C@H]3O. The number of carbonyl (C=O) groups is 1. The van der Waals surface area contributed by atoms with Crippen LogP contribution in [0.4, 0.5) is 0 Å². The van der Waals surface area contributed by atoms with E-state index in [0.717, 1.165) is 18.4 Å². The Morgan fingerprint density at radius 3 is 2.62 bits per heavy atom. The van der Waals surface area contributed by atoms with Crippen molar-refractivity contribution in [2.75, 3.05) is 0 Å². The minimum Gasteiger partial charge on any atom is -0.481 e. The van der Waals surface area contributed by atoms with Crippen LogP contribution in [0.25, 0.3) is 0 Å². The van der Waals surface area contributed by atoms with Crippen LogP contribution in [0.3, 0.4) is 0 Å². The molecule has 0 radical (unpaired) electrons. The summed E-state index contributed by atoms with van der Waals surface area (Å²) in [6, 6.07) is 0. The third kappa shape index (κ3) is 3.12. The number of hydrogen-bond donors (Lipinski definition) is 4. The van der Waals surface area contributed by atoms with Gasteiger partial charge in [0.05, 0.1) is 18.3 Å². The molecule has 4 N–H and O–H groups in total. The minimum atomic E-state index is -0.768. The van der Waals surface area contributed by atoms with E-state index in [-0.39, 0.29) is 46.8 Å². The molecule has 2 fully saturated rings. The summed E-state index contributed by atoms with van der Waals surface area (Å²) < 4.78 is 0. The first kappa shape index (κ1) is 21.1. The van der Waals surface area contributed by atoms with Gasteiger partial charge in [-0.15, -0.1) is 0 Å². The summed E-state index contributed by atoms with van der Waals surface area (Å²) in [4.78, 5) is 11.1. The van der Waals surface area contributed by atoms with Gasteiger partial charge in [0.25, 0.3) is 0 Å². The number of hydrogen-bond acceptors (Lipinski definition) is 4. The fourth-order valence-corrected chi connectivity index (χ4v) is 7.58. The maximum atomic E-state index is 11.4. The van der Waals surface area contributed by atoms with Gasteiger partial charge in [0.1, 0.15) is 0 Å². The maximum Gasteiger partial charge on any atom is 0.303 e. The van der Waals surface area contributed by atoms with Crippen molar-refractivity contribution in [3.05, 3.63) is 23.8 Å². The fraction of sp³-hybridized carbons (Fsp3) is 0.792. The number of allylic oxidation sites excluding steroid dienone is 1. The number of aliphatic hydroxyl groups is 3. The van der Waals surface area contributed by atoms with Gasteiger partial charge in [0.15, 0.2) is 0 Å². The Morgan fingerprint density at radius 2 is 1.93 bits per heavy atom. The maximum absolute atomic E-state index is 11.4. The molecule has 0 aromatic rings. The monoisotopic (exact) mass is 404 g/mol. The van der Waals surface area contributed by atoms with Crippen LogP contribution in [0.5, 0.6) is 0 Å². The highest BCUT2D eigenvalue weighted by molar-refractivity contribution is 5.66. The molecule has 1 unspecified atom stereocenters. The molecule has 0 heterocycles. The molecule has 0 aliphatic heterocycles. The molecule has 2 saturated carbocycles. The van der Waals surface area contributed by atoms with Crippen molar-refractivity contribution in [1.29, 1.82) is 0 Å². The fourth-order valence-electron chi connectivity index (χ4n) is 7.58. The second-order valence-corrected chi connectivity index (χ2v) is 10.6. The van der Waals surface area contributed by atoms with Crippen LogP contribution < -0.4 is 0 Å². The molecule has 0 saturated heterocycles. The first-order valence-corrected chi connectivity index (χ1v) is 11.3. The Morgan fingerprint density at radius 1 is 1.21 bits per heavy atom. The van der Waals surface area contributed by atoms with Crippen molar-refractivity contribution in [2.24, 2.45) is 40.4 Å². The lowest BCUT2D eigenvalue weighted by molar-refractivity contribution is -0.137. The van der Waals surface area contributed by atoms with Crippen molar-refractivity contribution >= 4 is 5.97 Å². The molecule has 0 bridgehead atoms. The molecule has 162 valence electrons. The van der Waals surface area contributed by atoms with Crippen LogP contribution in [0, 0.1) is 40.4 Å². The predicted molar refractivity (Wildman–Crippen MR) is 110 cm³/mol. The smallest absolute Gasteiger partial charge is 0.303 e. The highest BCUT2D eigenvalue weighted by Gasteiger charge is 2.62. The van der Waals surface area contributed by atoms with Crippen LogP contribution in [-0.2, 0) is 4.79 Å². The Balaban J connectivity index is 1.69. The average molecular weight is 405 g/mol. The van der Waals surface area contributed by atoms with Gasteiger partial charge in [-0.05, 0) is 55.8 Å². The molecule has 4 rings (SSSR count). The number of aliphatic hydroxyl groups excluding tert-OH is 3. The summed E-state index contributed by atoms with van der Waals surface area (Å²) in [7, 11) is 0. The number of rotatable bonds is 4. The molecule has 4 aliphatic carbocycles. The second kappa shape index (κ2) is 7.21. The zero-order chi connectivity index (χ0) is 21.1. The Kier molecular flexibility index (Phi) is 5.24. The van der Waals surface area contributed by atoms with Gasteiger partial charge in [-0.1, -0.05) is 44.6 Å². The van der Waals surface area contributed by atoms with Gasteiger partial charge in [0.2, 0.25) is 0 Å². The van der Waals surface area contributed by atoms with E-state index in [9.17, 15) is 20.1 Å². The number of fused-ring (bicyclic) bond motifs is 5. The van der Waals surface area contributed by atoms with E-state index < -0.39 is 24.3 Å². The molecule has 10 atom stereocenters. The third-order valence-corrected chi connectivity index (χ3v) is 9.26. The van der Waals surface area contributed by atoms with Gasteiger partial charge < -0.3 is 20.4 Å². The zero-order valence-electron chi connectivity index (χ0n) is 17.8. The molecule has 0 spiro atoms. The molecule has 5 heteroatoms. The summed E-state index contributed by atoms with van der Waals surface area (Å²) >= 11 is 0. The lowest BCUT2D eigenvalue weighted by Gasteiger charge is -2.58. The van der Waals surface area contributed by atoms with Gasteiger partial charge in [-0.3, -0.25) is 4.79 Å². The van der Waals surface area contributed by atoms with Crippen molar-refractivity contribution < 1.29 is 25.2 Å². The van der Waals surface area contributed by atoms with Crippen molar-refractivity contribution in [3.8, 4) is 0 Å². The number of aliphatic carboxylic acids is 1. The quantitative estimate of drug-likeness (QED) is 0.540. The van der Waals surface area contributed by atoms with Crippen LogP contribution in [-0.4, -0.2) is 44.7 Å². The van der Waals surface area contributed by atoms with Crippen molar-refractivity contribution in [3.63, 3.8) is 0 Å². The molecule has 0 amide bonds. The van der Waals surface area contributed by atoms with E-state index in [1.807, 2.05) is 12.2 Å². The third-order valence-electron chi connectivity index (χ3n) is 9.26. The summed E-state index contributed by atoms with van der Waals surface area (Å²) in [5.41, 5.74) is 0.588. The second-order valence-electron chi connectivity index (χ2n) is 10.6. The number of carboxylic acid groups (broad SMARTS) is 1. The topological polar surface area (TPSA) is 98.0 Å². The van der Waals surface area contributed by atoms with E-state index in [1.54, 1.807) is 0 Å². The Bertz CT molecular complexity index is 729. The van der Waals surface area contributed by atoms with Gasteiger partial charge in [-0.2, -0.15) is 0 Å². The molecular weight excluding hydrogens is 368 g/mol. The zero-order valence-corrected chi connectivity index (χ0v) is 17.8. The van der Waals surface area contributed by atoms with E-state index >= 15 is 0 Å². The van der Waals surface area contributed by atoms with E-state index in [2.05, 4.69) is 26.8 Å². The van der Waals surface area contributed by atoms with E-state index in [0.29, 0.717) is 19.3 Å². The van der Waals surface area contributed by atoms with Gasteiger partial charge in [-0.25, -0.2) is 0 Å². The van der Waals surface area contributed by atoms with Crippen LogP contribution >= 0.6 is 0 Å². The highest BCUT2D eigenvalue weighted by Crippen LogP contribution is 2.65. The summed E-state index contributed by atoms with van der Waals surface area (Å²) in [5.74, 6) is 0.115. The highest BCUT2D eigenvalue weighted by atomic mass is 16.4.